The summed E-state index contributed by atoms with van der Waals surface area (Å²) in [5.41, 5.74) is 1.09. The average molecular weight is 438 g/mol. The van der Waals surface area contributed by atoms with Crippen LogP contribution in [0.2, 0.25) is 0 Å². The minimum atomic E-state index is -3.15. The van der Waals surface area contributed by atoms with Gasteiger partial charge in [-0.2, -0.15) is 0 Å². The topological polar surface area (TPSA) is 103 Å². The van der Waals surface area contributed by atoms with Crippen LogP contribution in [0.1, 0.15) is 42.8 Å². The van der Waals surface area contributed by atoms with Gasteiger partial charge in [-0.05, 0) is 25.8 Å². The Bertz CT molecular complexity index is 1030. The Balaban J connectivity index is 1.75. The van der Waals surface area contributed by atoms with E-state index >= 15 is 0 Å². The van der Waals surface area contributed by atoms with Crippen LogP contribution in [0.4, 0.5) is 0 Å². The standard InChI is InChI=1S/C21H27NO7S/c1-4-14(2)22(15-9-10-30(25,26)13-15)19(23)12-28-21(24)20-17(11-27-3)16-7-5-6-8-18(16)29-20/h5-8,14-15H,4,9-13H2,1-3H3/t14-,15+/m0/s1. The summed E-state index contributed by atoms with van der Waals surface area (Å²) in [5, 5.41) is 0.745. The number of hydrogen-bond donors (Lipinski definition) is 0. The summed E-state index contributed by atoms with van der Waals surface area (Å²) in [6, 6.07) is 6.62. The summed E-state index contributed by atoms with van der Waals surface area (Å²) in [6.45, 7) is 3.46. The van der Waals surface area contributed by atoms with Crippen molar-refractivity contribution >= 4 is 32.7 Å². The molecule has 3 rings (SSSR count). The third-order valence-corrected chi connectivity index (χ3v) is 7.20. The van der Waals surface area contributed by atoms with E-state index < -0.39 is 34.4 Å². The first-order valence-corrected chi connectivity index (χ1v) is 11.8. The molecule has 1 fully saturated rings. The maximum absolute atomic E-state index is 12.9. The van der Waals surface area contributed by atoms with Crippen LogP contribution in [-0.4, -0.2) is 62.5 Å². The van der Waals surface area contributed by atoms with E-state index in [4.69, 9.17) is 13.9 Å². The molecule has 164 valence electrons. The zero-order valence-electron chi connectivity index (χ0n) is 17.4. The van der Waals surface area contributed by atoms with Gasteiger partial charge >= 0.3 is 5.97 Å². The quantitative estimate of drug-likeness (QED) is 0.585. The minimum absolute atomic E-state index is 0.00406. The van der Waals surface area contributed by atoms with Gasteiger partial charge in [0, 0.05) is 30.1 Å². The van der Waals surface area contributed by atoms with Gasteiger partial charge in [-0.15, -0.1) is 0 Å². The van der Waals surface area contributed by atoms with Gasteiger partial charge < -0.3 is 18.8 Å². The van der Waals surface area contributed by atoms with Crippen LogP contribution in [0.5, 0.6) is 0 Å². The normalized spacial score (nSPS) is 19.0. The molecule has 2 heterocycles. The van der Waals surface area contributed by atoms with Crippen molar-refractivity contribution in [2.24, 2.45) is 0 Å². The number of hydrogen-bond acceptors (Lipinski definition) is 7. The van der Waals surface area contributed by atoms with E-state index in [9.17, 15) is 18.0 Å². The van der Waals surface area contributed by atoms with Gasteiger partial charge in [-0.3, -0.25) is 4.79 Å². The zero-order valence-corrected chi connectivity index (χ0v) is 18.2. The molecule has 0 spiro atoms. The van der Waals surface area contributed by atoms with Crippen LogP contribution in [-0.2, 0) is 30.7 Å². The summed E-state index contributed by atoms with van der Waals surface area (Å²) >= 11 is 0. The number of benzene rings is 1. The molecule has 1 aliphatic heterocycles. The first kappa shape index (κ1) is 22.3. The van der Waals surface area contributed by atoms with Crippen molar-refractivity contribution in [3.8, 4) is 0 Å². The SMILES string of the molecule is CC[C@H](C)N(C(=O)COC(=O)c1oc2ccccc2c1COC)[C@@H]1CCS(=O)(=O)C1. The van der Waals surface area contributed by atoms with Gasteiger partial charge in [0.15, 0.2) is 16.4 Å². The second-order valence-electron chi connectivity index (χ2n) is 7.53. The van der Waals surface area contributed by atoms with E-state index in [0.29, 0.717) is 24.0 Å². The number of furan rings is 1. The Morgan fingerprint density at radius 2 is 2.03 bits per heavy atom. The molecule has 0 bridgehead atoms. The lowest BCUT2D eigenvalue weighted by Crippen LogP contribution is -2.48. The van der Waals surface area contributed by atoms with E-state index in [-0.39, 0.29) is 29.9 Å². The smallest absolute Gasteiger partial charge is 0.375 e. The number of ether oxygens (including phenoxy) is 2. The van der Waals surface area contributed by atoms with E-state index in [1.807, 2.05) is 26.0 Å². The Morgan fingerprint density at radius 1 is 1.30 bits per heavy atom. The zero-order chi connectivity index (χ0) is 21.9. The maximum Gasteiger partial charge on any atom is 0.375 e. The number of rotatable bonds is 8. The summed E-state index contributed by atoms with van der Waals surface area (Å²) < 4.78 is 39.8. The number of methoxy groups -OCH3 is 1. The fourth-order valence-electron chi connectivity index (χ4n) is 3.82. The molecule has 0 radical (unpaired) electrons. The van der Waals surface area contributed by atoms with Gasteiger partial charge in [0.2, 0.25) is 5.76 Å². The van der Waals surface area contributed by atoms with Crippen molar-refractivity contribution in [1.82, 2.24) is 4.90 Å². The van der Waals surface area contributed by atoms with Crippen LogP contribution < -0.4 is 0 Å². The molecule has 1 aromatic carbocycles. The highest BCUT2D eigenvalue weighted by Gasteiger charge is 2.37. The van der Waals surface area contributed by atoms with Crippen molar-refractivity contribution in [1.29, 1.82) is 0 Å². The van der Waals surface area contributed by atoms with Gasteiger partial charge in [-0.1, -0.05) is 25.1 Å². The second-order valence-corrected chi connectivity index (χ2v) is 9.76. The number of carbonyl (C=O) groups excluding carboxylic acids is 2. The number of para-hydroxylation sites is 1. The number of carbonyl (C=O) groups is 2. The number of sulfone groups is 1. The molecule has 1 aromatic heterocycles. The monoisotopic (exact) mass is 437 g/mol. The van der Waals surface area contributed by atoms with Crippen molar-refractivity contribution < 1.29 is 31.9 Å². The first-order chi connectivity index (χ1) is 14.3. The molecule has 2 atom stereocenters. The highest BCUT2D eigenvalue weighted by atomic mass is 32.2. The number of esters is 1. The lowest BCUT2D eigenvalue weighted by Gasteiger charge is -2.33. The Kier molecular flexibility index (Phi) is 6.82. The Hall–Kier alpha value is -2.39. The number of nitrogens with zero attached hydrogens (tertiary/aromatic N) is 1. The lowest BCUT2D eigenvalue weighted by atomic mass is 10.1. The van der Waals surface area contributed by atoms with E-state index in [0.717, 1.165) is 5.39 Å². The van der Waals surface area contributed by atoms with Crippen LogP contribution in [0, 0.1) is 0 Å². The largest absolute Gasteiger partial charge is 0.450 e. The average Bonchev–Trinajstić information content (AvgIpc) is 3.26. The molecule has 1 saturated heterocycles. The summed E-state index contributed by atoms with van der Waals surface area (Å²) in [7, 11) is -1.63. The molecule has 0 N–H and O–H groups in total. The van der Waals surface area contributed by atoms with Gasteiger partial charge in [0.1, 0.15) is 5.58 Å². The molecule has 1 amide bonds. The van der Waals surface area contributed by atoms with Crippen LogP contribution in [0.3, 0.4) is 0 Å². The van der Waals surface area contributed by atoms with Crippen molar-refractivity contribution in [3.05, 3.63) is 35.6 Å². The van der Waals surface area contributed by atoms with Crippen LogP contribution >= 0.6 is 0 Å². The summed E-state index contributed by atoms with van der Waals surface area (Å²) in [5.74, 6) is -1.15. The van der Waals surface area contributed by atoms with E-state index in [1.165, 1.54) is 7.11 Å². The van der Waals surface area contributed by atoms with Crippen LogP contribution in [0.25, 0.3) is 11.0 Å². The van der Waals surface area contributed by atoms with Gasteiger partial charge in [-0.25, -0.2) is 13.2 Å². The molecule has 8 nitrogen and oxygen atoms in total. The number of fused-ring (bicyclic) bond motifs is 1. The third kappa shape index (κ3) is 4.67. The van der Waals surface area contributed by atoms with E-state index in [2.05, 4.69) is 0 Å². The van der Waals surface area contributed by atoms with Crippen LogP contribution in [0.15, 0.2) is 28.7 Å². The molecule has 0 aliphatic carbocycles. The molecule has 1 aliphatic rings. The summed E-state index contributed by atoms with van der Waals surface area (Å²) in [6.07, 6.45) is 1.06. The van der Waals surface area contributed by atoms with Gasteiger partial charge in [0.05, 0.1) is 18.1 Å². The minimum Gasteiger partial charge on any atom is -0.450 e. The lowest BCUT2D eigenvalue weighted by molar-refractivity contribution is -0.138. The predicted octanol–water partition coefficient (Wildman–Crippen LogP) is 2.55. The van der Waals surface area contributed by atoms with Crippen molar-refractivity contribution in [2.45, 2.75) is 45.4 Å². The number of amides is 1. The predicted molar refractivity (Wildman–Crippen MR) is 111 cm³/mol. The maximum atomic E-state index is 12.9. The fourth-order valence-corrected chi connectivity index (χ4v) is 5.53. The first-order valence-electron chi connectivity index (χ1n) is 9.95. The van der Waals surface area contributed by atoms with Crippen molar-refractivity contribution in [3.63, 3.8) is 0 Å². The van der Waals surface area contributed by atoms with Crippen molar-refractivity contribution in [2.75, 3.05) is 25.2 Å². The Morgan fingerprint density at radius 3 is 2.67 bits per heavy atom. The molecular weight excluding hydrogens is 410 g/mol. The van der Waals surface area contributed by atoms with E-state index in [1.54, 1.807) is 17.0 Å². The fraction of sp³-hybridized carbons (Fsp3) is 0.524. The molecular formula is C21H27NO7S. The highest BCUT2D eigenvalue weighted by molar-refractivity contribution is 7.91. The molecule has 9 heteroatoms. The molecule has 2 aromatic rings. The third-order valence-electron chi connectivity index (χ3n) is 5.45. The second kappa shape index (κ2) is 9.18. The molecule has 30 heavy (non-hydrogen) atoms. The molecule has 0 saturated carbocycles. The highest BCUT2D eigenvalue weighted by Crippen LogP contribution is 2.27. The molecule has 0 unspecified atom stereocenters. The van der Waals surface area contributed by atoms with Gasteiger partial charge in [0.25, 0.3) is 5.91 Å². The summed E-state index contributed by atoms with van der Waals surface area (Å²) in [4.78, 5) is 27.1. The Labute approximate surface area is 176 Å².